The van der Waals surface area contributed by atoms with E-state index in [1.165, 1.54) is 5.56 Å². The molecule has 18 heavy (non-hydrogen) atoms. The van der Waals surface area contributed by atoms with Crippen molar-refractivity contribution < 1.29 is 0 Å². The molecule has 1 aliphatic rings. The molecule has 0 spiro atoms. The van der Waals surface area contributed by atoms with Gasteiger partial charge in [-0.3, -0.25) is 0 Å². The molecule has 2 nitrogen and oxygen atoms in total. The summed E-state index contributed by atoms with van der Waals surface area (Å²) in [6.45, 7) is 4.70. The lowest BCUT2D eigenvalue weighted by Crippen LogP contribution is -2.43. The minimum atomic E-state index is -0.272. The predicted molar refractivity (Wildman–Crippen MR) is 74.6 cm³/mol. The highest BCUT2D eigenvalue weighted by molar-refractivity contribution is 6.30. The maximum atomic E-state index is 8.95. The summed E-state index contributed by atoms with van der Waals surface area (Å²) < 4.78 is 0. The maximum Gasteiger partial charge on any atom is 0.0697 e. The zero-order valence-electron chi connectivity index (χ0n) is 10.9. The first-order valence-electron chi connectivity index (χ1n) is 6.40. The summed E-state index contributed by atoms with van der Waals surface area (Å²) in [5, 5.41) is 13.2. The van der Waals surface area contributed by atoms with Crippen molar-refractivity contribution in [3.8, 4) is 6.07 Å². The Bertz CT molecular complexity index is 439. The summed E-state index contributed by atoms with van der Waals surface area (Å²) in [6.07, 6.45) is 2.31. The first kappa shape index (κ1) is 13.4. The molecule has 1 N–H and O–H groups in total. The number of hydrogen-bond acceptors (Lipinski definition) is 2. The number of nitrogens with zero attached hydrogens (tertiary/aromatic N) is 1. The molecule has 2 rings (SSSR count). The van der Waals surface area contributed by atoms with E-state index in [0.717, 1.165) is 24.4 Å². The van der Waals surface area contributed by atoms with E-state index in [4.69, 9.17) is 16.9 Å². The Labute approximate surface area is 114 Å². The predicted octanol–water partition coefficient (Wildman–Crippen LogP) is 3.73. The highest BCUT2D eigenvalue weighted by atomic mass is 35.5. The second kappa shape index (κ2) is 5.30. The third-order valence-electron chi connectivity index (χ3n) is 3.61. The maximum absolute atomic E-state index is 8.95. The molecule has 3 heteroatoms. The van der Waals surface area contributed by atoms with E-state index in [0.29, 0.717) is 12.0 Å². The van der Waals surface area contributed by atoms with E-state index in [-0.39, 0.29) is 5.41 Å². The SMILES string of the molecule is CC(C)(C#N)CNC1CC(c2ccc(Cl)cc2)C1. The molecule has 1 aromatic carbocycles. The fraction of sp³-hybridized carbons (Fsp3) is 0.533. The monoisotopic (exact) mass is 262 g/mol. The van der Waals surface area contributed by atoms with E-state index in [1.807, 2.05) is 26.0 Å². The highest BCUT2D eigenvalue weighted by Gasteiger charge is 2.31. The second-order valence-corrected chi connectivity index (χ2v) is 6.23. The van der Waals surface area contributed by atoms with Gasteiger partial charge in [-0.1, -0.05) is 23.7 Å². The van der Waals surface area contributed by atoms with Gasteiger partial charge in [0.25, 0.3) is 0 Å². The van der Waals surface area contributed by atoms with Gasteiger partial charge < -0.3 is 5.32 Å². The molecule has 0 unspecified atom stereocenters. The van der Waals surface area contributed by atoms with Crippen LogP contribution in [0.15, 0.2) is 24.3 Å². The smallest absolute Gasteiger partial charge is 0.0697 e. The van der Waals surface area contributed by atoms with Gasteiger partial charge >= 0.3 is 0 Å². The lowest BCUT2D eigenvalue weighted by molar-refractivity contribution is 0.268. The van der Waals surface area contributed by atoms with Gasteiger partial charge in [0, 0.05) is 17.6 Å². The molecule has 1 saturated carbocycles. The van der Waals surface area contributed by atoms with Crippen LogP contribution in [0.2, 0.25) is 5.02 Å². The Balaban J connectivity index is 1.78. The van der Waals surface area contributed by atoms with Crippen molar-refractivity contribution in [2.75, 3.05) is 6.54 Å². The molecule has 0 saturated heterocycles. The summed E-state index contributed by atoms with van der Waals surface area (Å²) in [5.74, 6) is 0.643. The van der Waals surface area contributed by atoms with Crippen LogP contribution in [0.1, 0.15) is 38.2 Å². The topological polar surface area (TPSA) is 35.8 Å². The fourth-order valence-electron chi connectivity index (χ4n) is 2.23. The zero-order valence-corrected chi connectivity index (χ0v) is 11.7. The Hall–Kier alpha value is -1.04. The van der Waals surface area contributed by atoms with Gasteiger partial charge in [0.1, 0.15) is 0 Å². The van der Waals surface area contributed by atoms with Gasteiger partial charge in [-0.25, -0.2) is 0 Å². The van der Waals surface area contributed by atoms with Crippen LogP contribution in [0.3, 0.4) is 0 Å². The molecule has 96 valence electrons. The lowest BCUT2D eigenvalue weighted by Gasteiger charge is -2.37. The van der Waals surface area contributed by atoms with Crippen LogP contribution in [-0.4, -0.2) is 12.6 Å². The van der Waals surface area contributed by atoms with Crippen LogP contribution < -0.4 is 5.32 Å². The van der Waals surface area contributed by atoms with E-state index < -0.39 is 0 Å². The van der Waals surface area contributed by atoms with Gasteiger partial charge in [0.15, 0.2) is 0 Å². The molecule has 0 atom stereocenters. The molecular weight excluding hydrogens is 244 g/mol. The average molecular weight is 263 g/mol. The number of rotatable bonds is 4. The normalized spacial score (nSPS) is 23.2. The molecule has 0 aromatic heterocycles. The third kappa shape index (κ3) is 3.25. The number of benzene rings is 1. The van der Waals surface area contributed by atoms with Crippen molar-refractivity contribution in [2.45, 2.75) is 38.6 Å². The van der Waals surface area contributed by atoms with Crippen molar-refractivity contribution in [1.82, 2.24) is 5.32 Å². The molecule has 1 fully saturated rings. The van der Waals surface area contributed by atoms with Gasteiger partial charge in [0.2, 0.25) is 0 Å². The Morgan fingerprint density at radius 2 is 1.94 bits per heavy atom. The summed E-state index contributed by atoms with van der Waals surface area (Å²) in [4.78, 5) is 0. The van der Waals surface area contributed by atoms with Gasteiger partial charge in [-0.15, -0.1) is 0 Å². The van der Waals surface area contributed by atoms with Crippen molar-refractivity contribution in [2.24, 2.45) is 5.41 Å². The zero-order chi connectivity index (χ0) is 13.2. The van der Waals surface area contributed by atoms with E-state index in [2.05, 4.69) is 23.5 Å². The Morgan fingerprint density at radius 3 is 2.50 bits per heavy atom. The summed E-state index contributed by atoms with van der Waals surface area (Å²) in [5.41, 5.74) is 1.10. The molecule has 0 aliphatic heterocycles. The lowest BCUT2D eigenvalue weighted by atomic mass is 9.75. The van der Waals surface area contributed by atoms with Gasteiger partial charge in [0.05, 0.1) is 11.5 Å². The van der Waals surface area contributed by atoms with Crippen LogP contribution in [0.5, 0.6) is 0 Å². The van der Waals surface area contributed by atoms with Crippen molar-refractivity contribution in [3.63, 3.8) is 0 Å². The first-order chi connectivity index (χ1) is 8.50. The molecule has 0 heterocycles. The molecule has 0 bridgehead atoms. The second-order valence-electron chi connectivity index (χ2n) is 5.79. The summed E-state index contributed by atoms with van der Waals surface area (Å²) in [6, 6.07) is 11.0. The van der Waals surface area contributed by atoms with Crippen molar-refractivity contribution in [3.05, 3.63) is 34.9 Å². The highest BCUT2D eigenvalue weighted by Crippen LogP contribution is 2.37. The number of halogens is 1. The molecule has 0 radical (unpaired) electrons. The largest absolute Gasteiger partial charge is 0.312 e. The standard InChI is InChI=1S/C15H19ClN2/c1-15(2,9-17)10-18-14-7-12(8-14)11-3-5-13(16)6-4-11/h3-6,12,14,18H,7-8,10H2,1-2H3. The third-order valence-corrected chi connectivity index (χ3v) is 3.87. The summed E-state index contributed by atoms with van der Waals surface area (Å²) in [7, 11) is 0. The van der Waals surface area contributed by atoms with E-state index in [9.17, 15) is 0 Å². The van der Waals surface area contributed by atoms with Crippen molar-refractivity contribution >= 4 is 11.6 Å². The number of hydrogen-bond donors (Lipinski definition) is 1. The molecule has 1 aliphatic carbocycles. The fourth-order valence-corrected chi connectivity index (χ4v) is 2.36. The van der Waals surface area contributed by atoms with Crippen LogP contribution in [-0.2, 0) is 0 Å². The van der Waals surface area contributed by atoms with Crippen LogP contribution in [0, 0.1) is 16.7 Å². The summed E-state index contributed by atoms with van der Waals surface area (Å²) >= 11 is 5.88. The van der Waals surface area contributed by atoms with E-state index >= 15 is 0 Å². The molecule has 0 amide bonds. The van der Waals surface area contributed by atoms with Crippen LogP contribution in [0.25, 0.3) is 0 Å². The quantitative estimate of drug-likeness (QED) is 0.898. The van der Waals surface area contributed by atoms with Crippen LogP contribution in [0.4, 0.5) is 0 Å². The Kier molecular flexibility index (Phi) is 3.94. The minimum Gasteiger partial charge on any atom is -0.312 e. The number of nitriles is 1. The van der Waals surface area contributed by atoms with Crippen molar-refractivity contribution in [1.29, 1.82) is 5.26 Å². The minimum absolute atomic E-state index is 0.272. The van der Waals surface area contributed by atoms with Gasteiger partial charge in [-0.05, 0) is 50.3 Å². The first-order valence-corrected chi connectivity index (χ1v) is 6.78. The van der Waals surface area contributed by atoms with E-state index in [1.54, 1.807) is 0 Å². The van der Waals surface area contributed by atoms with Gasteiger partial charge in [-0.2, -0.15) is 5.26 Å². The molecule has 1 aromatic rings. The Morgan fingerprint density at radius 1 is 1.33 bits per heavy atom. The number of nitrogens with one attached hydrogen (secondary N) is 1. The van der Waals surface area contributed by atoms with Crippen LogP contribution >= 0.6 is 11.6 Å². The average Bonchev–Trinajstić information content (AvgIpc) is 2.29. The molecular formula is C15H19ClN2.